The number of piperazine rings is 1. The van der Waals surface area contributed by atoms with E-state index in [0.717, 1.165) is 25.2 Å². The molecule has 1 aromatic heterocycles. The number of halogens is 1. The Hall–Kier alpha value is -3.05. The van der Waals surface area contributed by atoms with E-state index in [2.05, 4.69) is 34.1 Å². The maximum atomic E-state index is 13.4. The Kier molecular flexibility index (Phi) is 5.96. The fourth-order valence-electron chi connectivity index (χ4n) is 3.79. The molecule has 5 heteroatoms. The maximum Gasteiger partial charge on any atom is 0.236 e. The molecule has 0 aliphatic carbocycles. The highest BCUT2D eigenvalue weighted by Crippen LogP contribution is 2.26. The molecule has 1 amide bonds. The number of rotatable bonds is 5. The zero-order valence-corrected chi connectivity index (χ0v) is 16.2. The first-order valence-electron chi connectivity index (χ1n) is 9.92. The summed E-state index contributed by atoms with van der Waals surface area (Å²) in [5.74, 6) is -0.803. The molecule has 1 atom stereocenters. The Morgan fingerprint density at radius 1 is 0.897 bits per heavy atom. The van der Waals surface area contributed by atoms with Crippen molar-refractivity contribution in [1.29, 1.82) is 0 Å². The van der Waals surface area contributed by atoms with E-state index in [-0.39, 0.29) is 11.7 Å². The second-order valence-electron chi connectivity index (χ2n) is 7.33. The summed E-state index contributed by atoms with van der Waals surface area (Å²) in [4.78, 5) is 22.1. The maximum absolute atomic E-state index is 13.4. The minimum absolute atomic E-state index is 0.0228. The van der Waals surface area contributed by atoms with Gasteiger partial charge < -0.3 is 4.90 Å². The average Bonchev–Trinajstić information content (AvgIpc) is 2.77. The lowest BCUT2D eigenvalue weighted by atomic mass is 9.93. The van der Waals surface area contributed by atoms with Crippen LogP contribution in [-0.2, 0) is 11.3 Å². The summed E-state index contributed by atoms with van der Waals surface area (Å²) in [6.45, 7) is 3.91. The number of nitrogens with zero attached hydrogens (tertiary/aromatic N) is 3. The molecule has 0 N–H and O–H groups in total. The number of carbonyl (C=O) groups excluding carboxylic acids is 1. The number of hydrogen-bond acceptors (Lipinski definition) is 3. The van der Waals surface area contributed by atoms with Crippen LogP contribution in [0.15, 0.2) is 79.0 Å². The van der Waals surface area contributed by atoms with E-state index < -0.39 is 5.92 Å². The van der Waals surface area contributed by atoms with Crippen molar-refractivity contribution < 1.29 is 9.18 Å². The number of benzene rings is 2. The average molecular weight is 389 g/mol. The third-order valence-electron chi connectivity index (χ3n) is 5.37. The van der Waals surface area contributed by atoms with E-state index >= 15 is 0 Å². The lowest BCUT2D eigenvalue weighted by molar-refractivity contribution is -0.133. The Labute approximate surface area is 170 Å². The summed E-state index contributed by atoms with van der Waals surface area (Å²) in [5, 5.41) is 0. The molecular weight excluding hydrogens is 365 g/mol. The molecular formula is C24H24FN3O. The second kappa shape index (κ2) is 8.97. The quantitative estimate of drug-likeness (QED) is 0.668. The molecule has 0 saturated carbocycles. The molecule has 3 aromatic rings. The van der Waals surface area contributed by atoms with Gasteiger partial charge in [0.15, 0.2) is 0 Å². The Balaban J connectivity index is 1.48. The highest BCUT2D eigenvalue weighted by Gasteiger charge is 2.30. The monoisotopic (exact) mass is 389 g/mol. The fraction of sp³-hybridized carbons (Fsp3) is 0.250. The number of aromatic nitrogens is 1. The summed E-state index contributed by atoms with van der Waals surface area (Å²) >= 11 is 0. The SMILES string of the molecule is O=C(C(c1ccc(F)cc1)c1ccccn1)N1CCN(Cc2ccccc2)CC1. The smallest absolute Gasteiger partial charge is 0.236 e. The van der Waals surface area contributed by atoms with Gasteiger partial charge in [0.05, 0.1) is 5.69 Å². The summed E-state index contributed by atoms with van der Waals surface area (Å²) in [7, 11) is 0. The van der Waals surface area contributed by atoms with Gasteiger partial charge in [0.1, 0.15) is 11.7 Å². The molecule has 2 aromatic carbocycles. The predicted molar refractivity (Wildman–Crippen MR) is 111 cm³/mol. The van der Waals surface area contributed by atoms with Crippen molar-refractivity contribution >= 4 is 5.91 Å². The van der Waals surface area contributed by atoms with Crippen LogP contribution in [0.4, 0.5) is 4.39 Å². The number of amides is 1. The van der Waals surface area contributed by atoms with Crippen molar-refractivity contribution in [3.05, 3.63) is 102 Å². The first kappa shape index (κ1) is 19.3. The van der Waals surface area contributed by atoms with Gasteiger partial charge in [-0.25, -0.2) is 4.39 Å². The van der Waals surface area contributed by atoms with E-state index in [1.54, 1.807) is 18.3 Å². The van der Waals surface area contributed by atoms with Crippen molar-refractivity contribution in [2.45, 2.75) is 12.5 Å². The van der Waals surface area contributed by atoms with Gasteiger partial charge in [-0.2, -0.15) is 0 Å². The normalized spacial score (nSPS) is 15.8. The van der Waals surface area contributed by atoms with Crippen molar-refractivity contribution in [1.82, 2.24) is 14.8 Å². The number of pyridine rings is 1. The van der Waals surface area contributed by atoms with Crippen molar-refractivity contribution in [3.8, 4) is 0 Å². The largest absolute Gasteiger partial charge is 0.339 e. The molecule has 1 fully saturated rings. The van der Waals surface area contributed by atoms with Crippen LogP contribution in [0.25, 0.3) is 0 Å². The Morgan fingerprint density at radius 2 is 1.59 bits per heavy atom. The first-order chi connectivity index (χ1) is 14.2. The molecule has 29 heavy (non-hydrogen) atoms. The van der Waals surface area contributed by atoms with E-state index in [1.807, 2.05) is 29.2 Å². The van der Waals surface area contributed by atoms with Crippen LogP contribution < -0.4 is 0 Å². The molecule has 4 rings (SSSR count). The minimum Gasteiger partial charge on any atom is -0.339 e. The standard InChI is InChI=1S/C24H24FN3O/c25-21-11-9-20(10-12-21)23(22-8-4-5-13-26-22)24(29)28-16-14-27(15-17-28)18-19-6-2-1-3-7-19/h1-13,23H,14-18H2. The van der Waals surface area contributed by atoms with Crippen LogP contribution in [0.2, 0.25) is 0 Å². The third-order valence-corrected chi connectivity index (χ3v) is 5.37. The molecule has 2 heterocycles. The lowest BCUT2D eigenvalue weighted by Gasteiger charge is -2.36. The highest BCUT2D eigenvalue weighted by molar-refractivity contribution is 5.86. The summed E-state index contributed by atoms with van der Waals surface area (Å²) in [6, 6.07) is 22.1. The molecule has 4 nitrogen and oxygen atoms in total. The van der Waals surface area contributed by atoms with Gasteiger partial charge >= 0.3 is 0 Å². The van der Waals surface area contributed by atoms with Crippen molar-refractivity contribution in [3.63, 3.8) is 0 Å². The molecule has 0 radical (unpaired) electrons. The molecule has 148 valence electrons. The van der Waals surface area contributed by atoms with E-state index in [9.17, 15) is 9.18 Å². The molecule has 1 unspecified atom stereocenters. The van der Waals surface area contributed by atoms with Crippen LogP contribution >= 0.6 is 0 Å². The van der Waals surface area contributed by atoms with E-state index in [4.69, 9.17) is 0 Å². The molecule has 1 saturated heterocycles. The summed E-state index contributed by atoms with van der Waals surface area (Å²) in [6.07, 6.45) is 1.69. The van der Waals surface area contributed by atoms with Gasteiger partial charge in [0.25, 0.3) is 0 Å². The van der Waals surface area contributed by atoms with Gasteiger partial charge in [-0.3, -0.25) is 14.7 Å². The Morgan fingerprint density at radius 3 is 2.24 bits per heavy atom. The van der Waals surface area contributed by atoms with Gasteiger partial charge in [-0.05, 0) is 35.4 Å². The zero-order valence-electron chi connectivity index (χ0n) is 16.2. The van der Waals surface area contributed by atoms with Gasteiger partial charge in [-0.1, -0.05) is 48.5 Å². The Bertz CT molecular complexity index is 923. The summed E-state index contributed by atoms with van der Waals surface area (Å²) < 4.78 is 13.4. The van der Waals surface area contributed by atoms with Crippen LogP contribution in [0.3, 0.4) is 0 Å². The zero-order chi connectivity index (χ0) is 20.1. The highest BCUT2D eigenvalue weighted by atomic mass is 19.1. The van der Waals surface area contributed by atoms with Gasteiger partial charge in [-0.15, -0.1) is 0 Å². The van der Waals surface area contributed by atoms with E-state index in [1.165, 1.54) is 17.7 Å². The first-order valence-corrected chi connectivity index (χ1v) is 9.92. The van der Waals surface area contributed by atoms with Crippen LogP contribution in [0, 0.1) is 5.82 Å². The minimum atomic E-state index is -0.516. The van der Waals surface area contributed by atoms with Gasteiger partial charge in [0, 0.05) is 38.9 Å². The van der Waals surface area contributed by atoms with Crippen LogP contribution in [-0.4, -0.2) is 46.9 Å². The lowest BCUT2D eigenvalue weighted by Crippen LogP contribution is -2.49. The van der Waals surface area contributed by atoms with Crippen molar-refractivity contribution in [2.24, 2.45) is 0 Å². The number of hydrogen-bond donors (Lipinski definition) is 0. The molecule has 0 bridgehead atoms. The molecule has 1 aliphatic rings. The molecule has 1 aliphatic heterocycles. The number of carbonyl (C=O) groups is 1. The molecule has 0 spiro atoms. The third kappa shape index (κ3) is 4.69. The van der Waals surface area contributed by atoms with Crippen LogP contribution in [0.1, 0.15) is 22.7 Å². The van der Waals surface area contributed by atoms with E-state index in [0.29, 0.717) is 18.8 Å². The topological polar surface area (TPSA) is 36.4 Å². The second-order valence-corrected chi connectivity index (χ2v) is 7.33. The van der Waals surface area contributed by atoms with Crippen LogP contribution in [0.5, 0.6) is 0 Å². The summed E-state index contributed by atoms with van der Waals surface area (Å²) in [5.41, 5.74) is 2.74. The van der Waals surface area contributed by atoms with Crippen molar-refractivity contribution in [2.75, 3.05) is 26.2 Å². The van der Waals surface area contributed by atoms with Gasteiger partial charge in [0.2, 0.25) is 5.91 Å². The fourth-order valence-corrected chi connectivity index (χ4v) is 3.79. The predicted octanol–water partition coefficient (Wildman–Crippen LogP) is 3.70.